The number of amides is 3. The van der Waals surface area contributed by atoms with Crippen LogP contribution in [0, 0.1) is 12.7 Å². The van der Waals surface area contributed by atoms with Gasteiger partial charge in [-0.1, -0.05) is 0 Å². The SMILES string of the molecule is Cc1csc(NC(=O)CSC2NC(=O)C(NC(=O)c3ccc(F)cc3)C(N)N2)n1. The molecule has 3 amide bonds. The molecule has 29 heavy (non-hydrogen) atoms. The van der Waals surface area contributed by atoms with E-state index in [1.165, 1.54) is 23.5 Å². The molecule has 12 heteroatoms. The van der Waals surface area contributed by atoms with E-state index in [4.69, 9.17) is 5.73 Å². The van der Waals surface area contributed by atoms with Crippen molar-refractivity contribution in [1.29, 1.82) is 0 Å². The van der Waals surface area contributed by atoms with Gasteiger partial charge in [0.1, 0.15) is 17.4 Å². The van der Waals surface area contributed by atoms with E-state index in [9.17, 15) is 18.8 Å². The number of aryl methyl sites for hydroxylation is 1. The smallest absolute Gasteiger partial charge is 0.252 e. The summed E-state index contributed by atoms with van der Waals surface area (Å²) in [5.74, 6) is -1.70. The van der Waals surface area contributed by atoms with Crippen LogP contribution in [0.3, 0.4) is 0 Å². The number of anilines is 1. The zero-order valence-corrected chi connectivity index (χ0v) is 16.9. The Kier molecular flexibility index (Phi) is 6.79. The van der Waals surface area contributed by atoms with E-state index < -0.39 is 35.3 Å². The molecule has 1 aromatic carbocycles. The lowest BCUT2D eigenvalue weighted by Crippen LogP contribution is -2.70. The summed E-state index contributed by atoms with van der Waals surface area (Å²) < 4.78 is 13.0. The molecule has 0 radical (unpaired) electrons. The molecule has 154 valence electrons. The quantitative estimate of drug-likeness (QED) is 0.439. The van der Waals surface area contributed by atoms with E-state index in [0.29, 0.717) is 5.13 Å². The summed E-state index contributed by atoms with van der Waals surface area (Å²) in [6.07, 6.45) is -0.865. The number of nitrogens with one attached hydrogen (secondary N) is 4. The number of nitrogens with zero attached hydrogens (tertiary/aromatic N) is 1. The maximum atomic E-state index is 13.0. The Hall–Kier alpha value is -2.54. The zero-order chi connectivity index (χ0) is 21.0. The van der Waals surface area contributed by atoms with Crippen LogP contribution < -0.4 is 27.0 Å². The van der Waals surface area contributed by atoms with E-state index in [-0.39, 0.29) is 17.2 Å². The van der Waals surface area contributed by atoms with Crippen molar-refractivity contribution in [2.24, 2.45) is 5.73 Å². The lowest BCUT2D eigenvalue weighted by molar-refractivity contribution is -0.125. The largest absolute Gasteiger partial charge is 0.338 e. The predicted octanol–water partition coefficient (Wildman–Crippen LogP) is 0.349. The molecule has 0 aliphatic carbocycles. The van der Waals surface area contributed by atoms with Crippen molar-refractivity contribution in [2.75, 3.05) is 11.1 Å². The minimum Gasteiger partial charge on any atom is -0.338 e. The zero-order valence-electron chi connectivity index (χ0n) is 15.3. The number of carbonyl (C=O) groups excluding carboxylic acids is 3. The average molecular weight is 439 g/mol. The topological polar surface area (TPSA) is 138 Å². The second-order valence-corrected chi connectivity index (χ2v) is 8.14. The van der Waals surface area contributed by atoms with Gasteiger partial charge in [-0.15, -0.1) is 23.1 Å². The predicted molar refractivity (Wildman–Crippen MR) is 109 cm³/mol. The Labute approximate surface area is 174 Å². The first kappa shape index (κ1) is 21.2. The van der Waals surface area contributed by atoms with E-state index in [1.54, 1.807) is 0 Å². The highest BCUT2D eigenvalue weighted by atomic mass is 32.2. The van der Waals surface area contributed by atoms with Crippen LogP contribution in [0.4, 0.5) is 9.52 Å². The number of thioether (sulfide) groups is 1. The molecule has 0 saturated carbocycles. The fraction of sp³-hybridized carbons (Fsp3) is 0.294. The minimum absolute atomic E-state index is 0.0654. The van der Waals surface area contributed by atoms with Gasteiger partial charge in [0, 0.05) is 10.9 Å². The molecule has 3 unspecified atom stereocenters. The molecule has 3 rings (SSSR count). The van der Waals surface area contributed by atoms with Crippen LogP contribution in [0.5, 0.6) is 0 Å². The number of nitrogens with two attached hydrogens (primary N) is 1. The van der Waals surface area contributed by atoms with Crippen LogP contribution in [-0.2, 0) is 9.59 Å². The van der Waals surface area contributed by atoms with Crippen molar-refractivity contribution in [1.82, 2.24) is 20.9 Å². The van der Waals surface area contributed by atoms with Crippen molar-refractivity contribution < 1.29 is 18.8 Å². The van der Waals surface area contributed by atoms with Crippen molar-refractivity contribution in [3.63, 3.8) is 0 Å². The molecule has 0 bridgehead atoms. The van der Waals surface area contributed by atoms with Crippen LogP contribution in [0.15, 0.2) is 29.6 Å². The maximum Gasteiger partial charge on any atom is 0.252 e. The second-order valence-electron chi connectivity index (χ2n) is 6.19. The van der Waals surface area contributed by atoms with E-state index in [2.05, 4.69) is 26.3 Å². The van der Waals surface area contributed by atoms with Crippen LogP contribution in [-0.4, -0.2) is 46.2 Å². The summed E-state index contributed by atoms with van der Waals surface area (Å²) in [5.41, 5.74) is 6.40. The molecule has 1 saturated heterocycles. The fourth-order valence-corrected chi connectivity index (χ4v) is 4.04. The number of halogens is 1. The normalized spacial score (nSPS) is 21.3. The number of benzene rings is 1. The summed E-state index contributed by atoms with van der Waals surface area (Å²) in [5, 5.41) is 13.1. The first-order valence-corrected chi connectivity index (χ1v) is 10.5. The van der Waals surface area contributed by atoms with Crippen molar-refractivity contribution >= 4 is 46.0 Å². The number of hydrogen-bond donors (Lipinski definition) is 5. The van der Waals surface area contributed by atoms with E-state index in [0.717, 1.165) is 29.6 Å². The third-order valence-electron chi connectivity index (χ3n) is 3.90. The van der Waals surface area contributed by atoms with Crippen molar-refractivity contribution in [3.05, 3.63) is 46.7 Å². The molecule has 3 atom stereocenters. The first-order chi connectivity index (χ1) is 13.8. The lowest BCUT2D eigenvalue weighted by atomic mass is 10.1. The van der Waals surface area contributed by atoms with Crippen molar-refractivity contribution in [3.8, 4) is 0 Å². The Morgan fingerprint density at radius 2 is 2.07 bits per heavy atom. The number of thiazole rings is 1. The molecule has 1 aliphatic heterocycles. The summed E-state index contributed by atoms with van der Waals surface area (Å²) in [4.78, 5) is 40.7. The van der Waals surface area contributed by atoms with Crippen LogP contribution in [0.1, 0.15) is 16.1 Å². The molecule has 0 spiro atoms. The first-order valence-electron chi connectivity index (χ1n) is 8.54. The number of aromatic nitrogens is 1. The number of hydrogen-bond acceptors (Lipinski definition) is 8. The highest BCUT2D eigenvalue weighted by molar-refractivity contribution is 8.00. The molecule has 1 fully saturated rings. The van der Waals surface area contributed by atoms with Gasteiger partial charge >= 0.3 is 0 Å². The maximum absolute atomic E-state index is 13.0. The van der Waals surface area contributed by atoms with Gasteiger partial charge in [-0.3, -0.25) is 19.7 Å². The molecule has 2 aromatic rings. The third kappa shape index (κ3) is 5.73. The molecular weight excluding hydrogens is 419 g/mol. The molecule has 9 nitrogen and oxygen atoms in total. The van der Waals surface area contributed by atoms with Gasteiger partial charge in [0.05, 0.1) is 17.6 Å². The van der Waals surface area contributed by atoms with Gasteiger partial charge in [0.25, 0.3) is 5.91 Å². The fourth-order valence-electron chi connectivity index (χ4n) is 2.49. The Morgan fingerprint density at radius 1 is 1.34 bits per heavy atom. The molecule has 2 heterocycles. The molecule has 1 aliphatic rings. The van der Waals surface area contributed by atoms with Crippen LogP contribution in [0.2, 0.25) is 0 Å². The van der Waals surface area contributed by atoms with Gasteiger partial charge in [0.2, 0.25) is 11.8 Å². The van der Waals surface area contributed by atoms with Gasteiger partial charge < -0.3 is 21.7 Å². The highest BCUT2D eigenvalue weighted by Crippen LogP contribution is 2.16. The van der Waals surface area contributed by atoms with Gasteiger partial charge in [-0.05, 0) is 31.2 Å². The van der Waals surface area contributed by atoms with Gasteiger partial charge in [-0.25, -0.2) is 9.37 Å². The number of carbonyl (C=O) groups is 3. The van der Waals surface area contributed by atoms with E-state index >= 15 is 0 Å². The highest BCUT2D eigenvalue weighted by Gasteiger charge is 2.35. The summed E-state index contributed by atoms with van der Waals surface area (Å²) in [7, 11) is 0. The average Bonchev–Trinajstić information content (AvgIpc) is 3.08. The minimum atomic E-state index is -1.02. The number of rotatable bonds is 6. The second kappa shape index (κ2) is 9.31. The van der Waals surface area contributed by atoms with E-state index in [1.807, 2.05) is 12.3 Å². The summed E-state index contributed by atoms with van der Waals surface area (Å²) >= 11 is 2.47. The lowest BCUT2D eigenvalue weighted by Gasteiger charge is -2.35. The third-order valence-corrected chi connectivity index (χ3v) is 5.79. The van der Waals surface area contributed by atoms with Crippen molar-refractivity contribution in [2.45, 2.75) is 24.6 Å². The standard InChI is InChI=1S/C17H19FN6O3S2/c1-8-6-28-16(20-8)21-11(25)7-29-17-23-13(19)12(15(27)24-17)22-14(26)9-2-4-10(18)5-3-9/h2-6,12-13,17,23H,7,19H2,1H3,(H,22,26)(H,24,27)(H,20,21,25). The Morgan fingerprint density at radius 3 is 2.69 bits per heavy atom. The summed E-state index contributed by atoms with van der Waals surface area (Å²) in [6.45, 7) is 1.83. The Bertz CT molecular complexity index is 907. The molecular formula is C17H19FN6O3S2. The summed E-state index contributed by atoms with van der Waals surface area (Å²) in [6, 6.07) is 3.91. The van der Waals surface area contributed by atoms with Gasteiger partial charge in [0.15, 0.2) is 5.13 Å². The van der Waals surface area contributed by atoms with Crippen LogP contribution >= 0.6 is 23.1 Å². The van der Waals surface area contributed by atoms with Crippen LogP contribution in [0.25, 0.3) is 0 Å². The molecule has 1 aromatic heterocycles. The monoisotopic (exact) mass is 438 g/mol. The molecule has 6 N–H and O–H groups in total. The Balaban J connectivity index is 1.49. The van der Waals surface area contributed by atoms with Gasteiger partial charge in [-0.2, -0.15) is 0 Å².